The molecule has 5 heteroatoms. The molecule has 134 valence electrons. The molecule has 1 aliphatic heterocycles. The Hall–Kier alpha value is -2.30. The molecule has 0 saturated heterocycles. The molecule has 1 aromatic rings. The lowest BCUT2D eigenvalue weighted by Crippen LogP contribution is -2.45. The van der Waals surface area contributed by atoms with Crippen molar-refractivity contribution in [2.45, 2.75) is 58.6 Å². The summed E-state index contributed by atoms with van der Waals surface area (Å²) in [6.07, 6.45) is 3.97. The zero-order chi connectivity index (χ0) is 18.0. The number of nitrogens with one attached hydrogen (secondary N) is 2. The first-order valence-electron chi connectivity index (χ1n) is 9.00. The van der Waals surface area contributed by atoms with Crippen LogP contribution < -0.4 is 10.6 Å². The van der Waals surface area contributed by atoms with Gasteiger partial charge >= 0.3 is 12.0 Å². The predicted molar refractivity (Wildman–Crippen MR) is 95.8 cm³/mol. The Morgan fingerprint density at radius 3 is 2.36 bits per heavy atom. The number of aryl methyl sites for hydroxylation is 1. The highest BCUT2D eigenvalue weighted by molar-refractivity contribution is 5.95. The number of carbonyl (C=O) groups is 2. The van der Waals surface area contributed by atoms with Gasteiger partial charge in [-0.1, -0.05) is 36.8 Å². The predicted octanol–water partition coefficient (Wildman–Crippen LogP) is 3.74. The molecule has 3 rings (SSSR count). The van der Waals surface area contributed by atoms with Gasteiger partial charge in [-0.15, -0.1) is 0 Å². The molecule has 0 unspecified atom stereocenters. The fourth-order valence-corrected chi connectivity index (χ4v) is 3.54. The Morgan fingerprint density at radius 2 is 1.72 bits per heavy atom. The van der Waals surface area contributed by atoms with E-state index in [1.54, 1.807) is 6.92 Å². The van der Waals surface area contributed by atoms with Crippen LogP contribution >= 0.6 is 0 Å². The molecule has 5 nitrogen and oxygen atoms in total. The van der Waals surface area contributed by atoms with Crippen LogP contribution in [0.5, 0.6) is 0 Å². The molecule has 25 heavy (non-hydrogen) atoms. The molecule has 1 aliphatic carbocycles. The summed E-state index contributed by atoms with van der Waals surface area (Å²) in [6.45, 7) is 5.99. The van der Waals surface area contributed by atoms with E-state index in [1.807, 2.05) is 31.2 Å². The fourth-order valence-electron chi connectivity index (χ4n) is 3.54. The van der Waals surface area contributed by atoms with Crippen LogP contribution in [0.4, 0.5) is 4.79 Å². The summed E-state index contributed by atoms with van der Waals surface area (Å²) in [4.78, 5) is 24.8. The molecule has 1 heterocycles. The van der Waals surface area contributed by atoms with E-state index in [4.69, 9.17) is 4.74 Å². The van der Waals surface area contributed by atoms with Gasteiger partial charge in [0.2, 0.25) is 0 Å². The number of esters is 1. The van der Waals surface area contributed by atoms with Gasteiger partial charge in [0.15, 0.2) is 0 Å². The number of hydrogen-bond donors (Lipinski definition) is 2. The van der Waals surface area contributed by atoms with E-state index < -0.39 is 6.04 Å². The molecule has 1 atom stereocenters. The molecule has 1 aromatic carbocycles. The van der Waals surface area contributed by atoms with Crippen molar-refractivity contribution in [2.24, 2.45) is 5.92 Å². The average Bonchev–Trinajstić information content (AvgIpc) is 2.57. The molecule has 1 fully saturated rings. The van der Waals surface area contributed by atoms with Crippen molar-refractivity contribution in [1.29, 1.82) is 0 Å². The lowest BCUT2D eigenvalue weighted by molar-refractivity contribution is -0.146. The summed E-state index contributed by atoms with van der Waals surface area (Å²) in [5, 5.41) is 5.54. The third-order valence-electron chi connectivity index (χ3n) is 5.14. The van der Waals surface area contributed by atoms with Gasteiger partial charge in [0.1, 0.15) is 6.10 Å². The molecule has 0 spiro atoms. The van der Waals surface area contributed by atoms with Crippen LogP contribution in [0.15, 0.2) is 35.5 Å². The molecular formula is C20H26N2O3. The number of urea groups is 1. The lowest BCUT2D eigenvalue weighted by Gasteiger charge is -2.31. The van der Waals surface area contributed by atoms with E-state index >= 15 is 0 Å². The van der Waals surface area contributed by atoms with Crippen LogP contribution in [0.2, 0.25) is 0 Å². The molecule has 2 aliphatic rings. The Labute approximate surface area is 148 Å². The van der Waals surface area contributed by atoms with Gasteiger partial charge < -0.3 is 15.4 Å². The number of carbonyl (C=O) groups excluding carboxylic acids is 2. The molecule has 0 aromatic heterocycles. The highest BCUT2D eigenvalue weighted by Gasteiger charge is 2.33. The number of allylic oxidation sites excluding steroid dienone is 1. The van der Waals surface area contributed by atoms with Crippen molar-refractivity contribution in [2.75, 3.05) is 0 Å². The van der Waals surface area contributed by atoms with Gasteiger partial charge in [-0.25, -0.2) is 9.59 Å². The van der Waals surface area contributed by atoms with E-state index in [0.29, 0.717) is 17.2 Å². The smallest absolute Gasteiger partial charge is 0.338 e. The maximum atomic E-state index is 12.8. The molecule has 0 bridgehead atoms. The van der Waals surface area contributed by atoms with E-state index in [1.165, 1.54) is 0 Å². The van der Waals surface area contributed by atoms with Crippen LogP contribution in [0.25, 0.3) is 0 Å². The normalized spacial score (nSPS) is 26.7. The molecule has 0 radical (unpaired) electrons. The van der Waals surface area contributed by atoms with Crippen LogP contribution in [-0.4, -0.2) is 18.1 Å². The highest BCUT2D eigenvalue weighted by Crippen LogP contribution is 2.31. The van der Waals surface area contributed by atoms with Crippen LogP contribution in [-0.2, 0) is 9.53 Å². The Kier molecular flexibility index (Phi) is 5.11. The van der Waals surface area contributed by atoms with Gasteiger partial charge in [0.05, 0.1) is 11.6 Å². The maximum Gasteiger partial charge on any atom is 0.338 e. The Balaban J connectivity index is 1.82. The number of amides is 2. The van der Waals surface area contributed by atoms with Gasteiger partial charge in [-0.05, 0) is 51.0 Å². The second kappa shape index (κ2) is 7.30. The minimum Gasteiger partial charge on any atom is -0.459 e. The summed E-state index contributed by atoms with van der Waals surface area (Å²) in [6, 6.07) is 7.05. The van der Waals surface area contributed by atoms with Crippen LogP contribution in [0, 0.1) is 12.8 Å². The van der Waals surface area contributed by atoms with Crippen molar-refractivity contribution < 1.29 is 14.3 Å². The first-order chi connectivity index (χ1) is 11.9. The van der Waals surface area contributed by atoms with Crippen LogP contribution in [0.3, 0.4) is 0 Å². The summed E-state index contributed by atoms with van der Waals surface area (Å²) in [5.41, 5.74) is 3.06. The number of hydrogen-bond acceptors (Lipinski definition) is 3. The highest BCUT2D eigenvalue weighted by atomic mass is 16.5. The fraction of sp³-hybridized carbons (Fsp3) is 0.500. The molecule has 2 amide bonds. The molecule has 2 N–H and O–H groups in total. The first-order valence-corrected chi connectivity index (χ1v) is 9.00. The van der Waals surface area contributed by atoms with E-state index in [2.05, 4.69) is 17.6 Å². The maximum absolute atomic E-state index is 12.8. The lowest BCUT2D eigenvalue weighted by atomic mass is 9.88. The van der Waals surface area contributed by atoms with Crippen molar-refractivity contribution in [3.8, 4) is 0 Å². The number of ether oxygens (including phenoxy) is 1. The Morgan fingerprint density at radius 1 is 1.08 bits per heavy atom. The van der Waals surface area contributed by atoms with Crippen molar-refractivity contribution in [1.82, 2.24) is 10.6 Å². The number of rotatable bonds is 3. The quantitative estimate of drug-likeness (QED) is 0.822. The zero-order valence-electron chi connectivity index (χ0n) is 15.1. The minimum absolute atomic E-state index is 0.0275. The minimum atomic E-state index is -0.482. The largest absolute Gasteiger partial charge is 0.459 e. The summed E-state index contributed by atoms with van der Waals surface area (Å²) >= 11 is 0. The van der Waals surface area contributed by atoms with E-state index in [0.717, 1.165) is 36.8 Å². The van der Waals surface area contributed by atoms with E-state index in [9.17, 15) is 9.59 Å². The SMILES string of the molecule is CC1=C(C(=O)OC2CCC(C)CC2)[C@@H](c2ccc(C)cc2)NC(=O)N1. The Bertz CT molecular complexity index is 685. The zero-order valence-corrected chi connectivity index (χ0v) is 15.1. The average molecular weight is 342 g/mol. The van der Waals surface area contributed by atoms with Gasteiger partial charge in [-0.2, -0.15) is 0 Å². The third-order valence-corrected chi connectivity index (χ3v) is 5.14. The van der Waals surface area contributed by atoms with Crippen molar-refractivity contribution >= 4 is 12.0 Å². The van der Waals surface area contributed by atoms with Crippen molar-refractivity contribution in [3.05, 3.63) is 46.7 Å². The topological polar surface area (TPSA) is 67.4 Å². The molecular weight excluding hydrogens is 316 g/mol. The summed E-state index contributed by atoms with van der Waals surface area (Å²) in [5.74, 6) is 0.363. The van der Waals surface area contributed by atoms with Gasteiger partial charge in [0, 0.05) is 5.70 Å². The monoisotopic (exact) mass is 342 g/mol. The van der Waals surface area contributed by atoms with Crippen molar-refractivity contribution in [3.63, 3.8) is 0 Å². The standard InChI is InChI=1S/C20H26N2O3/c1-12-4-8-15(9-5-12)18-17(14(3)21-20(24)22-18)19(23)25-16-10-6-13(2)7-11-16/h4-5,8-9,13,16,18H,6-7,10-11H2,1-3H3,(H2,21,22,24)/t13?,16?,18-/m1/s1. The second-order valence-electron chi connectivity index (χ2n) is 7.27. The van der Waals surface area contributed by atoms with E-state index in [-0.39, 0.29) is 18.1 Å². The third kappa shape index (κ3) is 4.03. The van der Waals surface area contributed by atoms with Crippen LogP contribution in [0.1, 0.15) is 56.7 Å². The summed E-state index contributed by atoms with van der Waals surface area (Å²) < 4.78 is 5.77. The van der Waals surface area contributed by atoms with Gasteiger partial charge in [0.25, 0.3) is 0 Å². The number of benzene rings is 1. The van der Waals surface area contributed by atoms with Gasteiger partial charge in [-0.3, -0.25) is 0 Å². The molecule has 1 saturated carbocycles. The second-order valence-corrected chi connectivity index (χ2v) is 7.27. The first kappa shape index (κ1) is 17.5. The summed E-state index contributed by atoms with van der Waals surface area (Å²) in [7, 11) is 0.